The van der Waals surface area contributed by atoms with Crippen LogP contribution in [0.4, 0.5) is 20.4 Å². The van der Waals surface area contributed by atoms with E-state index in [1.807, 2.05) is 0 Å². The number of rotatable bonds is 8. The van der Waals surface area contributed by atoms with Gasteiger partial charge in [0, 0.05) is 17.3 Å². The molecule has 2 aromatic carbocycles. The summed E-state index contributed by atoms with van der Waals surface area (Å²) in [6.07, 6.45) is 3.96. The van der Waals surface area contributed by atoms with Crippen molar-refractivity contribution in [2.45, 2.75) is 13.2 Å². The van der Waals surface area contributed by atoms with Gasteiger partial charge in [-0.05, 0) is 48.0 Å². The molecule has 2 aromatic heterocycles. The van der Waals surface area contributed by atoms with Gasteiger partial charge in [0.15, 0.2) is 0 Å². The fraction of sp³-hybridized carbons (Fsp3) is 0.0909. The van der Waals surface area contributed by atoms with E-state index in [0.717, 1.165) is 5.56 Å². The van der Waals surface area contributed by atoms with Gasteiger partial charge in [-0.25, -0.2) is 9.97 Å². The highest BCUT2D eigenvalue weighted by molar-refractivity contribution is 6.03. The van der Waals surface area contributed by atoms with Crippen LogP contribution in [0.25, 0.3) is 11.3 Å². The molecule has 4 aromatic rings. The van der Waals surface area contributed by atoms with Crippen LogP contribution in [-0.4, -0.2) is 37.2 Å². The van der Waals surface area contributed by atoms with Crippen LogP contribution in [0.1, 0.15) is 15.9 Å². The number of halogens is 2. The summed E-state index contributed by atoms with van der Waals surface area (Å²) in [6, 6.07) is 14.2. The number of alkyl halides is 2. The first-order valence-corrected chi connectivity index (χ1v) is 9.83. The summed E-state index contributed by atoms with van der Waals surface area (Å²) in [5.41, 5.74) is 2.17. The Morgan fingerprint density at radius 3 is 2.50 bits per heavy atom. The van der Waals surface area contributed by atoms with E-state index >= 15 is 0 Å². The molecule has 0 unspecified atom stereocenters. The first-order chi connectivity index (χ1) is 16.4. The normalized spacial score (nSPS) is 10.8. The molecule has 0 aliphatic rings. The third-order valence-corrected chi connectivity index (χ3v) is 4.65. The van der Waals surface area contributed by atoms with Gasteiger partial charge < -0.3 is 4.74 Å². The Bertz CT molecular complexity index is 1310. The molecule has 4 rings (SSSR count). The number of amides is 1. The Balaban J connectivity index is 1.41. The van der Waals surface area contributed by atoms with E-state index in [1.54, 1.807) is 42.5 Å². The van der Waals surface area contributed by atoms with Crippen molar-refractivity contribution in [3.8, 4) is 17.0 Å². The molecule has 0 spiro atoms. The lowest BCUT2D eigenvalue weighted by Crippen LogP contribution is -2.14. The van der Waals surface area contributed by atoms with E-state index in [9.17, 15) is 23.7 Å². The minimum atomic E-state index is -2.91. The lowest BCUT2D eigenvalue weighted by atomic mass is 10.1. The first-order valence-electron chi connectivity index (χ1n) is 9.83. The van der Waals surface area contributed by atoms with Crippen LogP contribution in [0.2, 0.25) is 0 Å². The summed E-state index contributed by atoms with van der Waals surface area (Å²) in [7, 11) is 0. The Labute approximate surface area is 191 Å². The van der Waals surface area contributed by atoms with Crippen molar-refractivity contribution in [2.24, 2.45) is 0 Å². The van der Waals surface area contributed by atoms with Crippen molar-refractivity contribution in [3.05, 3.63) is 94.4 Å². The lowest BCUT2D eigenvalue weighted by Gasteiger charge is -2.08. The van der Waals surface area contributed by atoms with Crippen molar-refractivity contribution < 1.29 is 23.2 Å². The maximum atomic E-state index is 12.6. The average Bonchev–Trinajstić information content (AvgIpc) is 3.29. The van der Waals surface area contributed by atoms with Gasteiger partial charge in [-0.3, -0.25) is 24.9 Å². The Kier molecular flexibility index (Phi) is 6.48. The van der Waals surface area contributed by atoms with Gasteiger partial charge in [-0.1, -0.05) is 12.1 Å². The SMILES string of the molecule is O=C(Nc1nccc(-c2ccc(OC(F)F)cc2)n1)c1ccc(Cn2cc([N+](=O)[O-])cn2)cc1. The Hall–Kier alpha value is -4.74. The summed E-state index contributed by atoms with van der Waals surface area (Å²) in [6.45, 7) is -2.60. The molecule has 1 N–H and O–H groups in total. The molecule has 10 nitrogen and oxygen atoms in total. The van der Waals surface area contributed by atoms with Gasteiger partial charge in [0.1, 0.15) is 18.1 Å². The zero-order valence-electron chi connectivity index (χ0n) is 17.3. The van der Waals surface area contributed by atoms with Crippen LogP contribution in [0.3, 0.4) is 0 Å². The summed E-state index contributed by atoms with van der Waals surface area (Å²) < 4.78 is 30.4. The molecule has 0 aliphatic heterocycles. The van der Waals surface area contributed by atoms with Crippen molar-refractivity contribution in [1.82, 2.24) is 19.7 Å². The van der Waals surface area contributed by atoms with Crippen LogP contribution in [0, 0.1) is 10.1 Å². The first kappa shape index (κ1) is 22.5. The minimum absolute atomic E-state index is 0.0237. The molecule has 2 heterocycles. The Morgan fingerprint density at radius 2 is 1.85 bits per heavy atom. The topological polar surface area (TPSA) is 125 Å². The molecule has 0 fully saturated rings. The van der Waals surface area contributed by atoms with E-state index in [-0.39, 0.29) is 17.4 Å². The number of nitrogens with zero attached hydrogens (tertiary/aromatic N) is 5. The zero-order chi connectivity index (χ0) is 24.1. The maximum Gasteiger partial charge on any atom is 0.387 e. The molecule has 0 atom stereocenters. The zero-order valence-corrected chi connectivity index (χ0v) is 17.3. The van der Waals surface area contributed by atoms with E-state index in [2.05, 4.69) is 25.1 Å². The van der Waals surface area contributed by atoms with Crippen LogP contribution >= 0.6 is 0 Å². The molecular weight excluding hydrogens is 450 g/mol. The highest BCUT2D eigenvalue weighted by Gasteiger charge is 2.12. The number of hydrogen-bond donors (Lipinski definition) is 1. The predicted octanol–water partition coefficient (Wildman–Crippen LogP) is 4.15. The third-order valence-electron chi connectivity index (χ3n) is 4.65. The summed E-state index contributed by atoms with van der Waals surface area (Å²) in [5, 5.41) is 17.3. The van der Waals surface area contributed by atoms with Gasteiger partial charge >= 0.3 is 12.3 Å². The van der Waals surface area contributed by atoms with Crippen LogP contribution in [0.15, 0.2) is 73.2 Å². The Morgan fingerprint density at radius 1 is 1.12 bits per heavy atom. The number of carbonyl (C=O) groups excluding carboxylic acids is 1. The highest BCUT2D eigenvalue weighted by atomic mass is 19.3. The molecule has 0 saturated heterocycles. The average molecular weight is 466 g/mol. The second-order valence-corrected chi connectivity index (χ2v) is 6.97. The number of nitro groups is 1. The quantitative estimate of drug-likeness (QED) is 0.305. The minimum Gasteiger partial charge on any atom is -0.435 e. The summed E-state index contributed by atoms with van der Waals surface area (Å²) >= 11 is 0. The summed E-state index contributed by atoms with van der Waals surface area (Å²) in [4.78, 5) is 31.2. The number of anilines is 1. The van der Waals surface area contributed by atoms with E-state index < -0.39 is 17.4 Å². The number of aromatic nitrogens is 4. The van der Waals surface area contributed by atoms with Gasteiger partial charge in [0.05, 0.1) is 17.2 Å². The van der Waals surface area contributed by atoms with E-state index in [4.69, 9.17) is 0 Å². The second-order valence-electron chi connectivity index (χ2n) is 6.97. The molecule has 0 aliphatic carbocycles. The molecule has 12 heteroatoms. The van der Waals surface area contributed by atoms with Gasteiger partial charge in [-0.15, -0.1) is 0 Å². The van der Waals surface area contributed by atoms with E-state index in [0.29, 0.717) is 23.4 Å². The number of ether oxygens (including phenoxy) is 1. The molecule has 0 saturated carbocycles. The number of hydrogen-bond acceptors (Lipinski definition) is 7. The highest BCUT2D eigenvalue weighted by Crippen LogP contribution is 2.22. The third kappa shape index (κ3) is 5.54. The van der Waals surface area contributed by atoms with Crippen molar-refractivity contribution in [1.29, 1.82) is 0 Å². The number of nitrogens with one attached hydrogen (secondary N) is 1. The molecule has 0 bridgehead atoms. The van der Waals surface area contributed by atoms with Crippen LogP contribution in [-0.2, 0) is 6.54 Å². The van der Waals surface area contributed by atoms with Gasteiger partial charge in [0.25, 0.3) is 5.91 Å². The number of carbonyl (C=O) groups is 1. The molecule has 34 heavy (non-hydrogen) atoms. The predicted molar refractivity (Wildman–Crippen MR) is 116 cm³/mol. The van der Waals surface area contributed by atoms with Crippen molar-refractivity contribution in [2.75, 3.05) is 5.32 Å². The molecule has 1 amide bonds. The fourth-order valence-corrected chi connectivity index (χ4v) is 3.04. The van der Waals surface area contributed by atoms with Gasteiger partial charge in [-0.2, -0.15) is 13.9 Å². The molecule has 0 radical (unpaired) electrons. The van der Waals surface area contributed by atoms with Crippen molar-refractivity contribution >= 4 is 17.5 Å². The summed E-state index contributed by atoms with van der Waals surface area (Å²) in [5.74, 6) is -0.335. The monoisotopic (exact) mass is 466 g/mol. The second kappa shape index (κ2) is 9.81. The van der Waals surface area contributed by atoms with E-state index in [1.165, 1.54) is 35.4 Å². The van der Waals surface area contributed by atoms with Crippen LogP contribution < -0.4 is 10.1 Å². The maximum absolute atomic E-state index is 12.6. The van der Waals surface area contributed by atoms with Crippen molar-refractivity contribution in [3.63, 3.8) is 0 Å². The lowest BCUT2D eigenvalue weighted by molar-refractivity contribution is -0.385. The fourth-order valence-electron chi connectivity index (χ4n) is 3.04. The smallest absolute Gasteiger partial charge is 0.387 e. The molecular formula is C22H16F2N6O4. The van der Waals surface area contributed by atoms with Gasteiger partial charge in [0.2, 0.25) is 5.95 Å². The number of benzene rings is 2. The molecule has 172 valence electrons. The largest absolute Gasteiger partial charge is 0.435 e. The standard InChI is InChI=1S/C22H16F2N6O4/c23-21(24)34-18-7-5-15(6-8-18)19-9-10-25-22(27-19)28-20(31)16-3-1-14(2-4-16)12-29-13-17(11-26-29)30(32)33/h1-11,13,21H,12H2,(H,25,27,28,31). The van der Waals surface area contributed by atoms with Crippen LogP contribution in [0.5, 0.6) is 5.75 Å².